The van der Waals surface area contributed by atoms with Crippen molar-refractivity contribution in [2.24, 2.45) is 9.98 Å². The van der Waals surface area contributed by atoms with Crippen LogP contribution >= 0.6 is 0 Å². The van der Waals surface area contributed by atoms with Crippen molar-refractivity contribution in [1.82, 2.24) is 0 Å². The zero-order chi connectivity index (χ0) is 22.7. The van der Waals surface area contributed by atoms with Crippen molar-refractivity contribution in [3.05, 3.63) is 108 Å². The first kappa shape index (κ1) is 22.7. The highest BCUT2D eigenvalue weighted by Gasteiger charge is 2.20. The van der Waals surface area contributed by atoms with Gasteiger partial charge in [-0.2, -0.15) is 0 Å². The van der Waals surface area contributed by atoms with Gasteiger partial charge in [-0.05, 0) is 29.8 Å². The van der Waals surface area contributed by atoms with Gasteiger partial charge in [0.1, 0.15) is 25.3 Å². The number of rotatable bonds is 7. The maximum atomic E-state index is 8.84. The molecule has 6 heteroatoms. The minimum absolute atomic E-state index is 0.0519. The van der Waals surface area contributed by atoms with Gasteiger partial charge in [0, 0.05) is 11.1 Å². The molecule has 0 aromatic heterocycles. The summed E-state index contributed by atoms with van der Waals surface area (Å²) in [5.41, 5.74) is 3.18. The van der Waals surface area contributed by atoms with E-state index in [9.17, 15) is 0 Å². The van der Waals surface area contributed by atoms with Crippen LogP contribution in [0.25, 0.3) is 0 Å². The molecule has 3 aromatic carbocycles. The molecule has 0 radical (unpaired) electrons. The Morgan fingerprint density at radius 2 is 1.18 bits per heavy atom. The maximum absolute atomic E-state index is 8.84. The SMILES string of the molecule is OC[C@@H]1COC(c2ccccc2)=N1.c1ccc(COC[C@@H]2COC(c3ccccc3)=N2)cc1. The lowest BCUT2D eigenvalue weighted by Crippen LogP contribution is -2.14. The molecule has 2 heterocycles. The van der Waals surface area contributed by atoms with E-state index in [2.05, 4.69) is 22.1 Å². The average molecular weight is 445 g/mol. The third-order valence-corrected chi connectivity index (χ3v) is 5.10. The Morgan fingerprint density at radius 1 is 0.697 bits per heavy atom. The quantitative estimate of drug-likeness (QED) is 0.600. The fourth-order valence-electron chi connectivity index (χ4n) is 3.37. The van der Waals surface area contributed by atoms with Gasteiger partial charge in [0.15, 0.2) is 0 Å². The second-order valence-electron chi connectivity index (χ2n) is 7.71. The molecule has 0 unspecified atom stereocenters. The van der Waals surface area contributed by atoms with E-state index < -0.39 is 0 Å². The van der Waals surface area contributed by atoms with Crippen molar-refractivity contribution in [3.63, 3.8) is 0 Å². The Balaban J connectivity index is 0.000000172. The summed E-state index contributed by atoms with van der Waals surface area (Å²) in [4.78, 5) is 8.78. The Labute approximate surface area is 194 Å². The summed E-state index contributed by atoms with van der Waals surface area (Å²) in [6, 6.07) is 29.8. The Bertz CT molecular complexity index is 1040. The van der Waals surface area contributed by atoms with Gasteiger partial charge in [0.2, 0.25) is 11.8 Å². The van der Waals surface area contributed by atoms with Crippen LogP contribution in [0.3, 0.4) is 0 Å². The molecule has 2 aliphatic heterocycles. The monoisotopic (exact) mass is 444 g/mol. The number of benzene rings is 3. The van der Waals surface area contributed by atoms with Crippen LogP contribution in [0.5, 0.6) is 0 Å². The van der Waals surface area contributed by atoms with Gasteiger partial charge >= 0.3 is 0 Å². The molecule has 0 aliphatic carbocycles. The van der Waals surface area contributed by atoms with Crippen LogP contribution in [0.4, 0.5) is 0 Å². The molecule has 0 amide bonds. The number of aliphatic hydroxyl groups excluding tert-OH is 1. The van der Waals surface area contributed by atoms with Crippen molar-refractivity contribution in [2.45, 2.75) is 18.7 Å². The summed E-state index contributed by atoms with van der Waals surface area (Å²) in [6.45, 7) is 2.34. The lowest BCUT2D eigenvalue weighted by molar-refractivity contribution is 0.101. The van der Waals surface area contributed by atoms with Crippen LogP contribution < -0.4 is 0 Å². The molecule has 170 valence electrons. The fourth-order valence-corrected chi connectivity index (χ4v) is 3.37. The van der Waals surface area contributed by atoms with E-state index in [4.69, 9.17) is 19.3 Å². The molecular formula is C27H28N2O4. The molecule has 0 bridgehead atoms. The smallest absolute Gasteiger partial charge is 0.216 e. The predicted octanol–water partition coefficient (Wildman–Crippen LogP) is 3.87. The summed E-state index contributed by atoms with van der Waals surface area (Å²) in [5.74, 6) is 1.36. The first-order valence-corrected chi connectivity index (χ1v) is 11.1. The van der Waals surface area contributed by atoms with Crippen LogP contribution in [0.1, 0.15) is 16.7 Å². The summed E-state index contributed by atoms with van der Waals surface area (Å²) in [7, 11) is 0. The van der Waals surface area contributed by atoms with Crippen molar-refractivity contribution < 1.29 is 19.3 Å². The van der Waals surface area contributed by atoms with Gasteiger partial charge in [-0.15, -0.1) is 0 Å². The van der Waals surface area contributed by atoms with Crippen molar-refractivity contribution in [3.8, 4) is 0 Å². The van der Waals surface area contributed by atoms with Crippen molar-refractivity contribution in [2.75, 3.05) is 26.4 Å². The zero-order valence-corrected chi connectivity index (χ0v) is 18.4. The molecule has 0 spiro atoms. The van der Waals surface area contributed by atoms with Crippen LogP contribution in [-0.2, 0) is 20.8 Å². The number of nitrogens with zero attached hydrogens (tertiary/aromatic N) is 2. The number of aliphatic imine (C=N–C) groups is 2. The number of aliphatic hydroxyl groups is 1. The van der Waals surface area contributed by atoms with Gasteiger partial charge in [-0.1, -0.05) is 66.7 Å². The molecule has 2 aliphatic rings. The Morgan fingerprint density at radius 3 is 1.70 bits per heavy atom. The molecule has 5 rings (SSSR count). The average Bonchev–Trinajstić information content (AvgIpc) is 3.56. The lowest BCUT2D eigenvalue weighted by atomic mass is 10.2. The summed E-state index contributed by atoms with van der Waals surface area (Å²) >= 11 is 0. The van der Waals surface area contributed by atoms with Gasteiger partial charge < -0.3 is 19.3 Å². The Hall–Kier alpha value is -3.48. The van der Waals surface area contributed by atoms with Gasteiger partial charge in [-0.25, -0.2) is 9.98 Å². The molecule has 0 saturated heterocycles. The van der Waals surface area contributed by atoms with E-state index >= 15 is 0 Å². The topological polar surface area (TPSA) is 72.6 Å². The molecule has 0 fully saturated rings. The predicted molar refractivity (Wildman–Crippen MR) is 129 cm³/mol. The first-order valence-electron chi connectivity index (χ1n) is 11.1. The summed E-state index contributed by atoms with van der Waals surface area (Å²) in [5, 5.41) is 8.84. The third kappa shape index (κ3) is 6.75. The molecule has 1 N–H and O–H groups in total. The van der Waals surface area contributed by atoms with Gasteiger partial charge in [0.05, 0.1) is 19.8 Å². The summed E-state index contributed by atoms with van der Waals surface area (Å²) in [6.07, 6.45) is 0. The zero-order valence-electron chi connectivity index (χ0n) is 18.4. The van der Waals surface area contributed by atoms with Crippen molar-refractivity contribution in [1.29, 1.82) is 0 Å². The number of hydrogen-bond donors (Lipinski definition) is 1. The molecular weight excluding hydrogens is 416 g/mol. The second kappa shape index (κ2) is 11.9. The Kier molecular flexibility index (Phi) is 8.22. The van der Waals surface area contributed by atoms with Crippen LogP contribution in [0.2, 0.25) is 0 Å². The first-order chi connectivity index (χ1) is 16.3. The van der Waals surface area contributed by atoms with E-state index in [1.54, 1.807) is 0 Å². The highest BCUT2D eigenvalue weighted by molar-refractivity contribution is 5.95. The standard InChI is InChI=1S/C17H17NO2.C10H11NO2/c1-3-7-14(8-4-1)11-19-12-16-13-20-17(18-16)15-9-5-2-6-10-15;12-6-9-7-13-10(11-9)8-4-2-1-3-5-8/h1-10,16H,11-13H2;1-5,9,12H,6-7H2/t16-;9-/m11/s1. The van der Waals surface area contributed by atoms with E-state index in [1.807, 2.05) is 78.9 Å². The second-order valence-corrected chi connectivity index (χ2v) is 7.71. The van der Waals surface area contributed by atoms with Crippen LogP contribution in [0, 0.1) is 0 Å². The molecule has 0 saturated carbocycles. The van der Waals surface area contributed by atoms with E-state index in [0.717, 1.165) is 17.0 Å². The molecule has 2 atom stereocenters. The molecule has 6 nitrogen and oxygen atoms in total. The van der Waals surface area contributed by atoms with E-state index in [0.29, 0.717) is 32.3 Å². The molecule has 3 aromatic rings. The maximum Gasteiger partial charge on any atom is 0.216 e. The number of ether oxygens (including phenoxy) is 3. The van der Waals surface area contributed by atoms with Gasteiger partial charge in [0.25, 0.3) is 0 Å². The number of hydrogen-bond acceptors (Lipinski definition) is 6. The largest absolute Gasteiger partial charge is 0.475 e. The van der Waals surface area contributed by atoms with E-state index in [1.165, 1.54) is 5.56 Å². The lowest BCUT2D eigenvalue weighted by Gasteiger charge is -2.06. The third-order valence-electron chi connectivity index (χ3n) is 5.10. The highest BCUT2D eigenvalue weighted by Crippen LogP contribution is 2.13. The minimum atomic E-state index is -0.0878. The normalized spacial score (nSPS) is 18.9. The fraction of sp³-hybridized carbons (Fsp3) is 0.259. The van der Waals surface area contributed by atoms with Crippen LogP contribution in [-0.4, -0.2) is 55.4 Å². The summed E-state index contributed by atoms with van der Waals surface area (Å²) < 4.78 is 16.7. The molecule has 33 heavy (non-hydrogen) atoms. The van der Waals surface area contributed by atoms with Crippen LogP contribution in [0.15, 0.2) is 101 Å². The van der Waals surface area contributed by atoms with Gasteiger partial charge in [-0.3, -0.25) is 0 Å². The van der Waals surface area contributed by atoms with E-state index in [-0.39, 0.29) is 18.7 Å². The van der Waals surface area contributed by atoms with Crippen molar-refractivity contribution >= 4 is 11.8 Å². The minimum Gasteiger partial charge on any atom is -0.475 e. The highest BCUT2D eigenvalue weighted by atomic mass is 16.5.